The zero-order chi connectivity index (χ0) is 54.8. The van der Waals surface area contributed by atoms with Gasteiger partial charge in [-0.2, -0.15) is 0 Å². The van der Waals surface area contributed by atoms with Crippen molar-refractivity contribution in [3.05, 3.63) is 109 Å². The third-order valence-electron chi connectivity index (χ3n) is 15.5. The molecule has 2 unspecified atom stereocenters. The molecule has 0 radical (unpaired) electrons. The smallest absolute Gasteiger partial charge is 0.371 e. The predicted octanol–water partition coefficient (Wildman–Crippen LogP) is 5.64. The number of ether oxygens (including phenoxy) is 1. The molecule has 1 aliphatic carbocycles. The first kappa shape index (κ1) is 47.2. The van der Waals surface area contributed by atoms with E-state index in [1.165, 1.54) is 47.2 Å². The van der Waals surface area contributed by atoms with Crippen LogP contribution in [0.25, 0.3) is 11.1 Å². The Morgan fingerprint density at radius 1 is 0.893 bits per heavy atom. The fraction of sp³-hybridized carbons (Fsp3) is 0.453. The lowest BCUT2D eigenvalue weighted by atomic mass is 9.92. The number of piperidine rings is 2. The highest BCUT2D eigenvalue weighted by molar-refractivity contribution is 7.46. The van der Waals surface area contributed by atoms with Crippen molar-refractivity contribution in [3.63, 3.8) is 0 Å². The molecular weight excluding hydrogens is 1000 g/mol. The van der Waals surface area contributed by atoms with Gasteiger partial charge < -0.3 is 39.1 Å². The van der Waals surface area contributed by atoms with E-state index in [0.29, 0.717) is 63.9 Å². The van der Waals surface area contributed by atoms with Crippen molar-refractivity contribution < 1.29 is 46.9 Å². The van der Waals surface area contributed by atoms with Crippen LogP contribution in [0.4, 0.5) is 28.7 Å². The molecule has 22 heteroatoms. The highest BCUT2D eigenvalue weighted by Crippen LogP contribution is 2.42. The van der Waals surface area contributed by atoms with E-state index >= 15 is 0 Å². The van der Waals surface area contributed by atoms with Gasteiger partial charge in [0.05, 0.1) is 23.4 Å². The summed E-state index contributed by atoms with van der Waals surface area (Å²) in [6, 6.07) is 12.6. The van der Waals surface area contributed by atoms with Crippen LogP contribution in [0.15, 0.2) is 65.8 Å². The Morgan fingerprint density at radius 3 is 2.47 bits per heavy atom. The van der Waals surface area contributed by atoms with Crippen LogP contribution in [0.2, 0.25) is 0 Å². The number of carbonyl (C=O) groups is 4. The summed E-state index contributed by atoms with van der Waals surface area (Å²) in [4.78, 5) is 107. The zero-order valence-corrected chi connectivity index (χ0v) is 43.4. The predicted molar refractivity (Wildman–Crippen MR) is 282 cm³/mol. The Morgan fingerprint density at radius 2 is 1.71 bits per heavy atom. The average Bonchev–Trinajstić information content (AvgIpc) is 4.10. The van der Waals surface area contributed by atoms with Gasteiger partial charge in [-0.25, -0.2) is 14.5 Å². The molecule has 0 bridgehead atoms. The number of anilines is 5. The largest absolute Gasteiger partial charge is 0.471 e. The Kier molecular flexibility index (Phi) is 13.0. The molecule has 1 aromatic carbocycles. The molecule has 4 N–H and O–H groups in total. The standard InChI is InChI=1S/C53H61N10O10PS/c1-31-27-60(35-15-19-59(20-16-35)36-8-10-39-33(24-36)29-63(51(39)66)44-11-13-47(64)57-50(44)65)22-23-61(31)37-9-12-46(55-26-37)56-43-25-34(28-58(3)52(43)67)38-14-18-54-49(42(38)30-72-32(2)73-74(69,70)71)62-21-17-41-40-6-4-5-7-45(40)75-48(41)53(62)68/h8-10,12,14,18,24-26,28,31-32,35,44H,4-7,11,13,15-17,19-23,27,29-30H2,1-3H3,(H,55,56)(H,57,64,65)(H2,69,70,71)/t31-,32?,44?/m0/s1/i3D3. The number of aromatic nitrogens is 3. The monoisotopic (exact) mass is 1060 g/mol. The lowest BCUT2D eigenvalue weighted by Gasteiger charge is -2.46. The Bertz CT molecular complexity index is 3310. The van der Waals surface area contributed by atoms with Gasteiger partial charge >= 0.3 is 7.82 Å². The first-order chi connectivity index (χ1) is 37.3. The molecule has 4 aromatic heterocycles. The molecule has 0 spiro atoms. The second-order valence-corrected chi connectivity index (χ2v) is 22.5. The number of phosphoric ester groups is 1. The number of nitrogens with zero attached hydrogens (tertiary/aromatic N) is 8. The summed E-state index contributed by atoms with van der Waals surface area (Å²) in [7, 11) is -4.96. The second kappa shape index (κ2) is 20.7. The van der Waals surface area contributed by atoms with Gasteiger partial charge in [0, 0.05) is 115 Å². The molecular formula is C53H61N10O10PS. The summed E-state index contributed by atoms with van der Waals surface area (Å²) in [5.74, 6) is -0.645. The van der Waals surface area contributed by atoms with Gasteiger partial charge in [-0.05, 0) is 130 Å². The van der Waals surface area contributed by atoms with E-state index in [1.54, 1.807) is 28.1 Å². The number of pyridine rings is 3. The van der Waals surface area contributed by atoms with E-state index in [0.717, 1.165) is 93.8 Å². The maximum Gasteiger partial charge on any atom is 0.471 e. The van der Waals surface area contributed by atoms with Crippen LogP contribution in [0.3, 0.4) is 0 Å². The van der Waals surface area contributed by atoms with Crippen molar-refractivity contribution in [2.24, 2.45) is 6.98 Å². The van der Waals surface area contributed by atoms with Crippen LogP contribution >= 0.6 is 19.2 Å². The Balaban J connectivity index is 0.773. The highest BCUT2D eigenvalue weighted by atomic mass is 32.1. The van der Waals surface area contributed by atoms with Crippen molar-refractivity contribution in [1.29, 1.82) is 0 Å². The number of piperazine rings is 1. The molecule has 20 nitrogen and oxygen atoms in total. The third-order valence-corrected chi connectivity index (χ3v) is 17.4. The van der Waals surface area contributed by atoms with Gasteiger partial charge in [-0.3, -0.25) is 43.6 Å². The minimum absolute atomic E-state index is 0.0918. The molecule has 9 heterocycles. The van der Waals surface area contributed by atoms with E-state index in [-0.39, 0.29) is 53.9 Å². The molecule has 3 fully saturated rings. The van der Waals surface area contributed by atoms with E-state index in [2.05, 4.69) is 48.3 Å². The molecule has 75 heavy (non-hydrogen) atoms. The maximum absolute atomic E-state index is 14.4. The van der Waals surface area contributed by atoms with E-state index in [9.17, 15) is 38.3 Å². The van der Waals surface area contributed by atoms with Gasteiger partial charge in [-0.1, -0.05) is 0 Å². The fourth-order valence-electron chi connectivity index (χ4n) is 11.8. The quantitative estimate of drug-likeness (QED) is 0.0635. The summed E-state index contributed by atoms with van der Waals surface area (Å²) >= 11 is 1.51. The van der Waals surface area contributed by atoms with Crippen molar-refractivity contribution in [3.8, 4) is 11.1 Å². The van der Waals surface area contributed by atoms with Crippen LogP contribution < -0.4 is 30.9 Å². The zero-order valence-electron chi connectivity index (χ0n) is 44.7. The fourth-order valence-corrected chi connectivity index (χ4v) is 13.6. The number of benzene rings is 1. The molecule has 3 saturated heterocycles. The van der Waals surface area contributed by atoms with Crippen molar-refractivity contribution in [1.82, 2.24) is 29.7 Å². The second-order valence-electron chi connectivity index (χ2n) is 20.2. The van der Waals surface area contributed by atoms with E-state index in [1.807, 2.05) is 18.2 Å². The van der Waals surface area contributed by atoms with Crippen molar-refractivity contribution >= 4 is 71.5 Å². The van der Waals surface area contributed by atoms with Gasteiger partial charge in [-0.15, -0.1) is 11.3 Å². The molecule has 0 saturated carbocycles. The van der Waals surface area contributed by atoms with E-state index in [4.69, 9.17) is 13.4 Å². The molecule has 394 valence electrons. The molecule has 5 aromatic rings. The minimum atomic E-state index is -4.96. The molecule has 11 rings (SSSR count). The summed E-state index contributed by atoms with van der Waals surface area (Å²) < 4.78 is 48.1. The van der Waals surface area contributed by atoms with Gasteiger partial charge in [0.15, 0.2) is 6.29 Å². The number of rotatable bonds is 13. The first-order valence-corrected chi connectivity index (χ1v) is 27.9. The number of amides is 4. The van der Waals surface area contributed by atoms with Crippen LogP contribution in [0.5, 0.6) is 0 Å². The Labute approximate surface area is 442 Å². The molecule has 6 aliphatic rings. The molecule has 5 aliphatic heterocycles. The number of phosphoric acid groups is 1. The first-order valence-electron chi connectivity index (χ1n) is 27.1. The van der Waals surface area contributed by atoms with Crippen LogP contribution in [-0.4, -0.2) is 121 Å². The molecule has 3 atom stereocenters. The van der Waals surface area contributed by atoms with E-state index < -0.39 is 38.6 Å². The summed E-state index contributed by atoms with van der Waals surface area (Å²) in [5.41, 5.74) is 5.74. The van der Waals surface area contributed by atoms with Crippen LogP contribution in [-0.2, 0) is 62.8 Å². The number of fused-ring (bicyclic) bond motifs is 4. The number of hydrogen-bond donors (Lipinski definition) is 4. The number of nitrogens with one attached hydrogen (secondary N) is 2. The van der Waals surface area contributed by atoms with Crippen LogP contribution in [0, 0.1) is 0 Å². The summed E-state index contributed by atoms with van der Waals surface area (Å²) in [6.45, 7) is 5.01. The third kappa shape index (κ3) is 10.3. The topological polar surface area (TPSA) is 232 Å². The molecule has 4 amide bonds. The Hall–Kier alpha value is -6.32. The summed E-state index contributed by atoms with van der Waals surface area (Å²) in [6.07, 6.45) is 10.1. The average molecular weight is 1060 g/mol. The van der Waals surface area contributed by atoms with Gasteiger partial charge in [0.2, 0.25) is 11.8 Å². The summed E-state index contributed by atoms with van der Waals surface area (Å²) in [5, 5.41) is 5.43. The van der Waals surface area contributed by atoms with Crippen molar-refractivity contribution in [2.75, 3.05) is 59.3 Å². The normalized spacial score (nSPS) is 21.8. The maximum atomic E-state index is 14.4. The number of imide groups is 1. The lowest BCUT2D eigenvalue weighted by molar-refractivity contribution is -0.136. The number of carbonyl (C=O) groups excluding carboxylic acids is 4. The number of thiophene rings is 1. The lowest BCUT2D eigenvalue weighted by Crippen LogP contribution is -2.57. The highest BCUT2D eigenvalue weighted by Gasteiger charge is 2.40. The number of aryl methyl sites for hydroxylation is 2. The van der Waals surface area contributed by atoms with Gasteiger partial charge in [0.1, 0.15) is 23.4 Å². The number of hydrogen-bond acceptors (Lipinski definition) is 15. The van der Waals surface area contributed by atoms with Gasteiger partial charge in [0.25, 0.3) is 17.4 Å². The SMILES string of the molecule is [2H]C([2H])([2H])n1cc(-c2ccnc(N3CCc4c(sc5c4CCCC5)C3=O)c2COC(C)OP(=O)(O)O)cc(Nc2ccc(N3CCN(C4CCN(c5ccc6c(c5)CN(C5CCC(=O)NC5=O)C6=O)CC4)C[C@@H]3C)cn2)c1=O. The minimum Gasteiger partial charge on any atom is -0.371 e. The van der Waals surface area contributed by atoms with Crippen LogP contribution in [0.1, 0.15) is 104 Å². The van der Waals surface area contributed by atoms with Crippen molar-refractivity contribution in [2.45, 2.75) is 109 Å².